The largest absolute Gasteiger partial charge is 0.350 e. The Morgan fingerprint density at radius 3 is 3.00 bits per heavy atom. The molecule has 0 saturated heterocycles. The third kappa shape index (κ3) is 2.56. The van der Waals surface area contributed by atoms with Crippen LogP contribution in [0.5, 0.6) is 0 Å². The van der Waals surface area contributed by atoms with Crippen molar-refractivity contribution in [2.45, 2.75) is 19.3 Å². The molecule has 1 aliphatic carbocycles. The van der Waals surface area contributed by atoms with E-state index in [0.29, 0.717) is 11.6 Å². The molecule has 0 atom stereocenters. The highest BCUT2D eigenvalue weighted by molar-refractivity contribution is 9.10. The van der Waals surface area contributed by atoms with Gasteiger partial charge in [0, 0.05) is 17.2 Å². The highest BCUT2D eigenvalue weighted by Gasteiger charge is 2.19. The second-order valence-electron chi connectivity index (χ2n) is 3.84. The van der Waals surface area contributed by atoms with Crippen molar-refractivity contribution < 1.29 is 4.79 Å². The van der Waals surface area contributed by atoms with Gasteiger partial charge in [-0.15, -0.1) is 0 Å². The van der Waals surface area contributed by atoms with Gasteiger partial charge in [-0.05, 0) is 46.8 Å². The Hall–Kier alpha value is -0.900. The van der Waals surface area contributed by atoms with E-state index in [2.05, 4.69) is 26.2 Å². The molecule has 1 heterocycles. The van der Waals surface area contributed by atoms with Crippen molar-refractivity contribution in [2.75, 3.05) is 6.54 Å². The van der Waals surface area contributed by atoms with E-state index in [1.165, 1.54) is 19.3 Å². The van der Waals surface area contributed by atoms with Crippen LogP contribution in [-0.4, -0.2) is 17.4 Å². The van der Waals surface area contributed by atoms with Gasteiger partial charge in [0.05, 0.1) is 0 Å². The zero-order valence-corrected chi connectivity index (χ0v) is 9.96. The highest BCUT2D eigenvalue weighted by Crippen LogP contribution is 2.25. The highest BCUT2D eigenvalue weighted by atomic mass is 79.9. The number of nitrogens with one attached hydrogen (secondary N) is 1. The standard InChI is InChI=1S/C11H13BrN2O/c12-9-5-2-6-13-10(9)11(15)14-7-8-3-1-4-8/h2,5-6,8H,1,3-4,7H2,(H,14,15). The third-order valence-electron chi connectivity index (χ3n) is 2.75. The molecule has 1 aromatic heterocycles. The van der Waals surface area contributed by atoms with Gasteiger partial charge in [-0.2, -0.15) is 0 Å². The summed E-state index contributed by atoms with van der Waals surface area (Å²) in [5.41, 5.74) is 0.469. The molecule has 2 rings (SSSR count). The number of hydrogen-bond donors (Lipinski definition) is 1. The predicted molar refractivity (Wildman–Crippen MR) is 61.6 cm³/mol. The summed E-state index contributed by atoms with van der Waals surface area (Å²) in [5.74, 6) is 0.589. The number of amides is 1. The molecule has 0 bridgehead atoms. The van der Waals surface area contributed by atoms with Gasteiger partial charge in [0.1, 0.15) is 5.69 Å². The lowest BCUT2D eigenvalue weighted by molar-refractivity contribution is 0.0933. The van der Waals surface area contributed by atoms with E-state index in [1.807, 2.05) is 6.07 Å². The third-order valence-corrected chi connectivity index (χ3v) is 3.39. The summed E-state index contributed by atoms with van der Waals surface area (Å²) in [6.07, 6.45) is 5.41. The smallest absolute Gasteiger partial charge is 0.271 e. The molecule has 0 aliphatic heterocycles. The average molecular weight is 269 g/mol. The van der Waals surface area contributed by atoms with Crippen molar-refractivity contribution in [1.82, 2.24) is 10.3 Å². The lowest BCUT2D eigenvalue weighted by Gasteiger charge is -2.25. The number of nitrogens with zero attached hydrogens (tertiary/aromatic N) is 1. The number of halogens is 1. The SMILES string of the molecule is O=C(NCC1CCC1)c1ncccc1Br. The van der Waals surface area contributed by atoms with Crippen LogP contribution < -0.4 is 5.32 Å². The predicted octanol–water partition coefficient (Wildman–Crippen LogP) is 2.37. The van der Waals surface area contributed by atoms with E-state index in [1.54, 1.807) is 12.3 Å². The minimum absolute atomic E-state index is 0.0885. The summed E-state index contributed by atoms with van der Waals surface area (Å²) < 4.78 is 0.746. The first-order chi connectivity index (χ1) is 7.27. The van der Waals surface area contributed by atoms with Crippen molar-refractivity contribution in [2.24, 2.45) is 5.92 Å². The quantitative estimate of drug-likeness (QED) is 0.915. The number of pyridine rings is 1. The Labute approximate surface area is 97.4 Å². The Balaban J connectivity index is 1.92. The molecule has 1 amide bonds. The summed E-state index contributed by atoms with van der Waals surface area (Å²) in [5, 5.41) is 2.91. The molecule has 0 radical (unpaired) electrons. The van der Waals surface area contributed by atoms with Crippen molar-refractivity contribution in [3.05, 3.63) is 28.5 Å². The molecule has 4 heteroatoms. The fourth-order valence-corrected chi connectivity index (χ4v) is 2.01. The molecule has 15 heavy (non-hydrogen) atoms. The Kier molecular flexibility index (Phi) is 3.36. The van der Waals surface area contributed by atoms with E-state index in [0.717, 1.165) is 11.0 Å². The molecule has 0 aromatic carbocycles. The summed E-state index contributed by atoms with van der Waals surface area (Å²) in [6, 6.07) is 3.62. The van der Waals surface area contributed by atoms with E-state index in [-0.39, 0.29) is 5.91 Å². The van der Waals surface area contributed by atoms with Gasteiger partial charge >= 0.3 is 0 Å². The maximum atomic E-state index is 11.7. The maximum Gasteiger partial charge on any atom is 0.271 e. The molecular formula is C11H13BrN2O. The van der Waals surface area contributed by atoms with Crippen LogP contribution in [0.25, 0.3) is 0 Å². The van der Waals surface area contributed by atoms with Crippen molar-refractivity contribution >= 4 is 21.8 Å². The van der Waals surface area contributed by atoms with Crippen LogP contribution in [-0.2, 0) is 0 Å². The minimum Gasteiger partial charge on any atom is -0.350 e. The summed E-state index contributed by atoms with van der Waals surface area (Å²) in [6.45, 7) is 0.780. The lowest BCUT2D eigenvalue weighted by Crippen LogP contribution is -2.32. The number of aromatic nitrogens is 1. The van der Waals surface area contributed by atoms with Crippen LogP contribution in [0.4, 0.5) is 0 Å². The summed E-state index contributed by atoms with van der Waals surface area (Å²) in [7, 11) is 0. The van der Waals surface area contributed by atoms with E-state index >= 15 is 0 Å². The van der Waals surface area contributed by atoms with Crippen LogP contribution in [0.3, 0.4) is 0 Å². The normalized spacial score (nSPS) is 15.8. The second kappa shape index (κ2) is 4.75. The number of rotatable bonds is 3. The van der Waals surface area contributed by atoms with Crippen molar-refractivity contribution in [3.63, 3.8) is 0 Å². The second-order valence-corrected chi connectivity index (χ2v) is 4.70. The van der Waals surface area contributed by atoms with Crippen LogP contribution in [0.1, 0.15) is 29.8 Å². The zero-order chi connectivity index (χ0) is 10.7. The van der Waals surface area contributed by atoms with Gasteiger partial charge in [0.25, 0.3) is 5.91 Å². The van der Waals surface area contributed by atoms with Crippen LogP contribution >= 0.6 is 15.9 Å². The topological polar surface area (TPSA) is 42.0 Å². The molecule has 1 aromatic rings. The molecule has 80 valence electrons. The van der Waals surface area contributed by atoms with E-state index in [9.17, 15) is 4.79 Å². The van der Waals surface area contributed by atoms with Crippen LogP contribution in [0.2, 0.25) is 0 Å². The first-order valence-corrected chi connectivity index (χ1v) is 5.95. The number of carbonyl (C=O) groups excluding carboxylic acids is 1. The van der Waals surface area contributed by atoms with Gasteiger partial charge in [-0.1, -0.05) is 6.42 Å². The fourth-order valence-electron chi connectivity index (χ4n) is 1.57. The number of hydrogen-bond acceptors (Lipinski definition) is 2. The molecular weight excluding hydrogens is 256 g/mol. The van der Waals surface area contributed by atoms with Crippen molar-refractivity contribution in [3.8, 4) is 0 Å². The fraction of sp³-hybridized carbons (Fsp3) is 0.455. The molecule has 1 fully saturated rings. The first kappa shape index (κ1) is 10.6. The van der Waals surface area contributed by atoms with Crippen LogP contribution in [0.15, 0.2) is 22.8 Å². The average Bonchev–Trinajstić information content (AvgIpc) is 2.16. The first-order valence-electron chi connectivity index (χ1n) is 5.16. The molecule has 0 spiro atoms. The molecule has 1 saturated carbocycles. The molecule has 1 N–H and O–H groups in total. The van der Waals surface area contributed by atoms with Gasteiger partial charge in [-0.25, -0.2) is 4.98 Å². The lowest BCUT2D eigenvalue weighted by atomic mass is 9.85. The summed E-state index contributed by atoms with van der Waals surface area (Å²) in [4.78, 5) is 15.7. The minimum atomic E-state index is -0.0885. The van der Waals surface area contributed by atoms with Gasteiger partial charge in [0.15, 0.2) is 0 Å². The molecule has 1 aliphatic rings. The monoisotopic (exact) mass is 268 g/mol. The summed E-state index contributed by atoms with van der Waals surface area (Å²) >= 11 is 3.31. The van der Waals surface area contributed by atoms with Gasteiger partial charge in [-0.3, -0.25) is 4.79 Å². The Bertz CT molecular complexity index is 363. The van der Waals surface area contributed by atoms with E-state index in [4.69, 9.17) is 0 Å². The van der Waals surface area contributed by atoms with Crippen LogP contribution in [0, 0.1) is 5.92 Å². The van der Waals surface area contributed by atoms with E-state index < -0.39 is 0 Å². The number of carbonyl (C=O) groups is 1. The zero-order valence-electron chi connectivity index (χ0n) is 8.37. The Morgan fingerprint density at radius 1 is 1.60 bits per heavy atom. The molecule has 0 unspecified atom stereocenters. The molecule has 3 nitrogen and oxygen atoms in total. The Morgan fingerprint density at radius 2 is 2.40 bits per heavy atom. The van der Waals surface area contributed by atoms with Gasteiger partial charge < -0.3 is 5.32 Å². The maximum absolute atomic E-state index is 11.7. The van der Waals surface area contributed by atoms with Gasteiger partial charge in [0.2, 0.25) is 0 Å². The van der Waals surface area contributed by atoms with Crippen molar-refractivity contribution in [1.29, 1.82) is 0 Å².